The smallest absolute Gasteiger partial charge is 0.300 e. The number of hydrogen-bond donors (Lipinski definition) is 1. The van der Waals surface area contributed by atoms with E-state index in [1.54, 1.807) is 73.3 Å². The number of hydrogen-bond acceptors (Lipinski definition) is 11. The Balaban J connectivity index is 0.000000154. The molecule has 0 radical (unpaired) electrons. The number of fused-ring (bicyclic) bond motifs is 3. The first-order valence-electron chi connectivity index (χ1n) is 14.5. The van der Waals surface area contributed by atoms with Crippen LogP contribution in [0.4, 0.5) is 5.95 Å². The van der Waals surface area contributed by atoms with Crippen LogP contribution in [0.2, 0.25) is 0 Å². The monoisotopic (exact) mass is 621 g/mol. The Hall–Kier alpha value is -5.35. The van der Waals surface area contributed by atoms with E-state index in [1.807, 2.05) is 13.8 Å². The molecular formula is C28H39N13O4. The minimum Gasteiger partial charge on any atom is -0.465 e. The van der Waals surface area contributed by atoms with E-state index in [9.17, 15) is 14.4 Å². The lowest BCUT2D eigenvalue weighted by Gasteiger charge is -2.07. The van der Waals surface area contributed by atoms with Crippen molar-refractivity contribution in [3.05, 3.63) is 55.5 Å². The number of anilines is 1. The first-order chi connectivity index (χ1) is 21.4. The standard InChI is InChI=1S/C10H14N4O.C9H13N5O.C9H12N4O2/c1-4-5-8-12-9-7(6-11-14(9)3)10(15)13(8)2;1-4-10-9-12-7-6(5-11-14(7)3)8(15)13(9)2;1-4-15-9-11-7-6(5-10-13(7)3)8(14)12(9)2/h6H,4-5H2,1-3H3;5H,4H2,1-3H3,(H,10,12);5H,4H2,1-3H3. The third-order valence-corrected chi connectivity index (χ3v) is 7.05. The van der Waals surface area contributed by atoms with Crippen molar-refractivity contribution in [2.75, 3.05) is 18.5 Å². The third kappa shape index (κ3) is 6.32. The van der Waals surface area contributed by atoms with Crippen molar-refractivity contribution in [2.24, 2.45) is 42.3 Å². The molecule has 6 rings (SSSR count). The van der Waals surface area contributed by atoms with Crippen LogP contribution in [-0.4, -0.2) is 71.1 Å². The molecule has 0 saturated heterocycles. The van der Waals surface area contributed by atoms with Gasteiger partial charge in [0, 0.05) is 55.3 Å². The van der Waals surface area contributed by atoms with Crippen LogP contribution in [0, 0.1) is 0 Å². The van der Waals surface area contributed by atoms with E-state index in [0.29, 0.717) is 51.7 Å². The average Bonchev–Trinajstić information content (AvgIpc) is 3.70. The molecule has 17 nitrogen and oxygen atoms in total. The Morgan fingerprint density at radius 1 is 0.644 bits per heavy atom. The van der Waals surface area contributed by atoms with Gasteiger partial charge in [0.05, 0.1) is 25.2 Å². The lowest BCUT2D eigenvalue weighted by Crippen LogP contribution is -2.22. The van der Waals surface area contributed by atoms with Crippen molar-refractivity contribution in [3.63, 3.8) is 0 Å². The fourth-order valence-electron chi connectivity index (χ4n) is 4.55. The molecule has 45 heavy (non-hydrogen) atoms. The molecule has 6 aromatic rings. The van der Waals surface area contributed by atoms with E-state index in [-0.39, 0.29) is 16.7 Å². The quantitative estimate of drug-likeness (QED) is 0.278. The summed E-state index contributed by atoms with van der Waals surface area (Å²) in [6.07, 6.45) is 6.41. The molecule has 0 spiro atoms. The van der Waals surface area contributed by atoms with E-state index in [4.69, 9.17) is 4.74 Å². The Bertz CT molecular complexity index is 1900. The van der Waals surface area contributed by atoms with Crippen molar-refractivity contribution >= 4 is 39.0 Å². The molecule has 0 fully saturated rings. The molecule has 0 aliphatic rings. The molecule has 6 aromatic heterocycles. The SMILES string of the molecule is CCCc1nc2c(cnn2C)c(=O)n1C.CCNc1nc2c(cnn2C)c(=O)n1C.CCOc1nc2c(cnn2C)c(=O)n1C. The zero-order valence-corrected chi connectivity index (χ0v) is 27.1. The maximum atomic E-state index is 11.9. The number of rotatable bonds is 6. The predicted octanol–water partition coefficient (Wildman–Crippen LogP) is 0.784. The number of ether oxygens (including phenoxy) is 1. The molecular weight excluding hydrogens is 582 g/mol. The Kier molecular flexibility index (Phi) is 9.79. The Morgan fingerprint density at radius 3 is 1.60 bits per heavy atom. The normalized spacial score (nSPS) is 11.0. The second-order valence-corrected chi connectivity index (χ2v) is 10.2. The highest BCUT2D eigenvalue weighted by molar-refractivity contribution is 5.75. The van der Waals surface area contributed by atoms with Crippen LogP contribution < -0.4 is 26.7 Å². The highest BCUT2D eigenvalue weighted by Crippen LogP contribution is 2.11. The van der Waals surface area contributed by atoms with Crippen molar-refractivity contribution in [1.29, 1.82) is 0 Å². The molecule has 0 bridgehead atoms. The fraction of sp³-hybridized carbons (Fsp3) is 0.464. The number of aryl methyl sites for hydroxylation is 4. The Labute approximate surface area is 257 Å². The van der Waals surface area contributed by atoms with Crippen LogP contribution in [0.5, 0.6) is 6.01 Å². The molecule has 17 heteroatoms. The van der Waals surface area contributed by atoms with Gasteiger partial charge in [0.25, 0.3) is 16.7 Å². The maximum absolute atomic E-state index is 11.9. The fourth-order valence-corrected chi connectivity index (χ4v) is 4.55. The average molecular weight is 622 g/mol. The van der Waals surface area contributed by atoms with Crippen LogP contribution in [0.1, 0.15) is 33.0 Å². The van der Waals surface area contributed by atoms with E-state index >= 15 is 0 Å². The molecule has 0 amide bonds. The van der Waals surface area contributed by atoms with Gasteiger partial charge < -0.3 is 10.1 Å². The third-order valence-electron chi connectivity index (χ3n) is 7.05. The minimum absolute atomic E-state index is 0.0171. The molecule has 1 N–H and O–H groups in total. The number of aromatic nitrogens is 12. The van der Waals surface area contributed by atoms with Gasteiger partial charge in [0.1, 0.15) is 22.0 Å². The second kappa shape index (κ2) is 13.5. The first-order valence-corrected chi connectivity index (χ1v) is 14.5. The highest BCUT2D eigenvalue weighted by atomic mass is 16.5. The van der Waals surface area contributed by atoms with Crippen LogP contribution in [-0.2, 0) is 48.7 Å². The summed E-state index contributed by atoms with van der Waals surface area (Å²) in [4.78, 5) is 48.6. The summed E-state index contributed by atoms with van der Waals surface area (Å²) in [6.45, 7) is 7.08. The van der Waals surface area contributed by atoms with Crippen molar-refractivity contribution in [1.82, 2.24) is 58.0 Å². The van der Waals surface area contributed by atoms with Crippen molar-refractivity contribution in [2.45, 2.75) is 33.6 Å². The van der Waals surface area contributed by atoms with E-state index in [1.165, 1.54) is 15.3 Å². The van der Waals surface area contributed by atoms with Gasteiger partial charge in [-0.3, -0.25) is 42.1 Å². The predicted molar refractivity (Wildman–Crippen MR) is 171 cm³/mol. The van der Waals surface area contributed by atoms with Gasteiger partial charge in [0.2, 0.25) is 5.95 Å². The van der Waals surface area contributed by atoms with Gasteiger partial charge in [-0.25, -0.2) is 4.98 Å². The molecule has 0 saturated carbocycles. The molecule has 0 atom stereocenters. The summed E-state index contributed by atoms with van der Waals surface area (Å²) in [5, 5.41) is 16.7. The zero-order valence-electron chi connectivity index (χ0n) is 27.1. The number of nitrogens with one attached hydrogen (secondary N) is 1. The summed E-state index contributed by atoms with van der Waals surface area (Å²) in [7, 11) is 10.4. The topological polar surface area (TPSA) is 179 Å². The summed E-state index contributed by atoms with van der Waals surface area (Å²) < 4.78 is 14.5. The molecule has 0 aliphatic heterocycles. The minimum atomic E-state index is -0.142. The maximum Gasteiger partial charge on any atom is 0.300 e. The van der Waals surface area contributed by atoms with E-state index < -0.39 is 0 Å². The van der Waals surface area contributed by atoms with Gasteiger partial charge >= 0.3 is 6.01 Å². The van der Waals surface area contributed by atoms with Crippen molar-refractivity contribution < 1.29 is 4.74 Å². The molecule has 0 unspecified atom stereocenters. The molecule has 0 aliphatic carbocycles. The zero-order chi connectivity index (χ0) is 33.0. The van der Waals surface area contributed by atoms with Crippen molar-refractivity contribution in [3.8, 4) is 6.01 Å². The second-order valence-electron chi connectivity index (χ2n) is 10.2. The summed E-state index contributed by atoms with van der Waals surface area (Å²) in [5.41, 5.74) is 1.58. The highest BCUT2D eigenvalue weighted by Gasteiger charge is 2.13. The van der Waals surface area contributed by atoms with Crippen LogP contribution in [0.3, 0.4) is 0 Å². The first kappa shape index (κ1) is 32.6. The van der Waals surface area contributed by atoms with Crippen LogP contribution in [0.15, 0.2) is 33.0 Å². The Morgan fingerprint density at radius 2 is 1.11 bits per heavy atom. The van der Waals surface area contributed by atoms with Gasteiger partial charge in [-0.05, 0) is 20.3 Å². The van der Waals surface area contributed by atoms with Gasteiger partial charge in [0.15, 0.2) is 16.9 Å². The molecule has 0 aromatic carbocycles. The van der Waals surface area contributed by atoms with Crippen LogP contribution >= 0.6 is 0 Å². The summed E-state index contributed by atoms with van der Waals surface area (Å²) in [6, 6.07) is 0.318. The molecule has 6 heterocycles. The van der Waals surface area contributed by atoms with Gasteiger partial charge in [-0.1, -0.05) is 6.92 Å². The van der Waals surface area contributed by atoms with Gasteiger partial charge in [-0.2, -0.15) is 25.3 Å². The summed E-state index contributed by atoms with van der Waals surface area (Å²) in [5.74, 6) is 1.39. The lowest BCUT2D eigenvalue weighted by atomic mass is 10.3. The van der Waals surface area contributed by atoms with Crippen LogP contribution in [0.25, 0.3) is 33.1 Å². The van der Waals surface area contributed by atoms with Gasteiger partial charge in [-0.15, -0.1) is 0 Å². The van der Waals surface area contributed by atoms with E-state index in [2.05, 4.69) is 42.5 Å². The molecule has 240 valence electrons. The largest absolute Gasteiger partial charge is 0.465 e. The van der Waals surface area contributed by atoms with E-state index in [0.717, 1.165) is 25.2 Å². The number of nitrogens with zero attached hydrogens (tertiary/aromatic N) is 12. The summed E-state index contributed by atoms with van der Waals surface area (Å²) >= 11 is 0. The lowest BCUT2D eigenvalue weighted by molar-refractivity contribution is 0.297.